The Morgan fingerprint density at radius 2 is 0.833 bits per heavy atom. The molecule has 0 amide bonds. The fraction of sp³-hybridized carbons (Fsp3) is 0.305. The second kappa shape index (κ2) is 29.4. The first kappa shape index (κ1) is 69.1. The molecule has 0 aliphatic carbocycles. The van der Waals surface area contributed by atoms with Gasteiger partial charge >= 0.3 is 0 Å². The second-order valence-corrected chi connectivity index (χ2v) is 28.2. The van der Waals surface area contributed by atoms with Crippen LogP contribution in [0.1, 0.15) is 39.5 Å². The number of hydrogen-bond acceptors (Lipinski definition) is 20. The van der Waals surface area contributed by atoms with Crippen molar-refractivity contribution in [2.45, 2.75) is 51.7 Å². The van der Waals surface area contributed by atoms with E-state index in [4.69, 9.17) is 24.4 Å². The number of piperazine rings is 1. The summed E-state index contributed by atoms with van der Waals surface area (Å²) in [5.74, 6) is 2.11. The summed E-state index contributed by atoms with van der Waals surface area (Å²) in [6.07, 6.45) is 8.79. The third-order valence-electron chi connectivity index (χ3n) is 21.8. The molecule has 4 N–H and O–H groups in total. The number of morpholine rings is 1. The fourth-order valence-electron chi connectivity index (χ4n) is 15.8. The number of aliphatic hydroxyl groups excluding tert-OH is 1. The van der Waals surface area contributed by atoms with Crippen molar-refractivity contribution in [2.24, 2.45) is 21.1 Å². The highest BCUT2D eigenvalue weighted by Crippen LogP contribution is 2.35. The Morgan fingerprint density at radius 3 is 1.27 bits per heavy atom. The summed E-state index contributed by atoms with van der Waals surface area (Å²) in [6.45, 7) is 17.7. The number of aliphatic hydroxyl groups is 1. The quantitative estimate of drug-likeness (QED) is 0.0838. The number of anilines is 9. The van der Waals surface area contributed by atoms with Gasteiger partial charge in [0.05, 0.1) is 66.8 Å². The second-order valence-electron chi connectivity index (χ2n) is 28.2. The standard InChI is InChI=1S/C29H31N7O2.C27H28N6O3.C26H27N7O/c1-33-26-19-30-29(32-27(26)36-24-5-3-2-4-20(24)18-25(36)28(33)37)31-21-6-8-22(9-7-21)34-12-10-23(11-13-34)35-14-16-38-17-15-35;1-3-36-24-15-18(32-12-10-19(34)11-13-32)8-9-20(24)29-27-28-16-23-25(30-27)33-21-7-5-4-6-17(21)14-22(33)26(35)31(23)2;1-3-31-12-14-32(15-13-31)20-10-8-19(9-11-20)28-26-27-17-23-24(29-26)33-21-7-5-4-6-18(21)16-22(33)25(34)30(23)2/h2-9,18-19,23H,10-17H2,1H3,(H,30,31,32);4-9,14-16,19,34H,3,10-13H2,1-2H3,(H,28,29,30);4-11,16-17H,3,12-15H2,1-2H3,(H,27,28,29). The minimum Gasteiger partial charge on any atom is -0.492 e. The predicted molar refractivity (Wildman–Crippen MR) is 429 cm³/mol. The molecule has 6 aromatic carbocycles. The molecule has 15 aromatic rings. The van der Waals surface area contributed by atoms with Crippen molar-refractivity contribution in [2.75, 3.05) is 122 Å². The maximum Gasteiger partial charge on any atom is 0.275 e. The monoisotopic (exact) mass is 1450 g/mol. The molecule has 0 radical (unpaired) electrons. The van der Waals surface area contributed by atoms with Gasteiger partial charge in [-0.1, -0.05) is 61.5 Å². The highest BCUT2D eigenvalue weighted by atomic mass is 16.5. The molecule has 4 aliphatic rings. The smallest absolute Gasteiger partial charge is 0.275 e. The molecular weight excluding hydrogens is 1360 g/mol. The largest absolute Gasteiger partial charge is 0.492 e. The highest BCUT2D eigenvalue weighted by molar-refractivity contribution is 5.95. The molecule has 550 valence electrons. The topological polar surface area (TPSA) is 248 Å². The number of benzene rings is 6. The number of nitrogens with zero attached hydrogens (tertiary/aromatic N) is 17. The van der Waals surface area contributed by atoms with Crippen LogP contribution in [0.25, 0.3) is 82.8 Å². The third kappa shape index (κ3) is 13.2. The Morgan fingerprint density at radius 1 is 0.435 bits per heavy atom. The number of ether oxygens (including phenoxy) is 2. The summed E-state index contributed by atoms with van der Waals surface area (Å²) in [4.78, 5) is 79.2. The lowest BCUT2D eigenvalue weighted by Crippen LogP contribution is -2.49. The predicted octanol–water partition coefficient (Wildman–Crippen LogP) is 11.2. The van der Waals surface area contributed by atoms with Gasteiger partial charge in [-0.2, -0.15) is 15.0 Å². The van der Waals surface area contributed by atoms with Crippen LogP contribution in [0, 0.1) is 0 Å². The fourth-order valence-corrected chi connectivity index (χ4v) is 15.8. The van der Waals surface area contributed by atoms with Crippen molar-refractivity contribution < 1.29 is 14.6 Å². The molecular formula is C82H86N20O6. The van der Waals surface area contributed by atoms with Crippen molar-refractivity contribution in [1.82, 2.24) is 66.6 Å². The maximum absolute atomic E-state index is 13.0. The number of aromatic nitrogens is 12. The maximum atomic E-state index is 13.0. The number of piperidine rings is 2. The molecule has 13 heterocycles. The first-order chi connectivity index (χ1) is 52.8. The van der Waals surface area contributed by atoms with Crippen molar-refractivity contribution >= 4 is 135 Å². The minimum atomic E-state index is -0.220. The summed E-state index contributed by atoms with van der Waals surface area (Å²) < 4.78 is 22.0. The average Bonchev–Trinajstić information content (AvgIpc) is 1.55. The van der Waals surface area contributed by atoms with E-state index < -0.39 is 0 Å². The summed E-state index contributed by atoms with van der Waals surface area (Å²) in [6, 6.07) is 53.2. The molecule has 19 rings (SSSR count). The molecule has 9 aromatic heterocycles. The van der Waals surface area contributed by atoms with Crippen molar-refractivity contribution in [3.8, 4) is 5.75 Å². The van der Waals surface area contributed by atoms with Crippen LogP contribution in [0.15, 0.2) is 191 Å². The van der Waals surface area contributed by atoms with Gasteiger partial charge in [0.2, 0.25) is 17.8 Å². The summed E-state index contributed by atoms with van der Waals surface area (Å²) in [7, 11) is 5.27. The first-order valence-electron chi connectivity index (χ1n) is 37.3. The van der Waals surface area contributed by atoms with E-state index in [1.54, 1.807) is 53.4 Å². The number of nitrogens with one attached hydrogen (secondary N) is 3. The van der Waals surface area contributed by atoms with Crippen molar-refractivity contribution in [3.05, 3.63) is 207 Å². The molecule has 108 heavy (non-hydrogen) atoms. The number of fused-ring (bicyclic) bond motifs is 15. The van der Waals surface area contributed by atoms with Gasteiger partial charge in [-0.05, 0) is 136 Å². The Labute approximate surface area is 621 Å². The number of para-hydroxylation sites is 3. The first-order valence-corrected chi connectivity index (χ1v) is 37.3. The molecule has 26 nitrogen and oxygen atoms in total. The Hall–Kier alpha value is -12.0. The van der Waals surface area contributed by atoms with Crippen LogP contribution in [-0.4, -0.2) is 176 Å². The van der Waals surface area contributed by atoms with Gasteiger partial charge in [0.25, 0.3) is 16.7 Å². The van der Waals surface area contributed by atoms with Crippen LogP contribution in [0.5, 0.6) is 5.75 Å². The van der Waals surface area contributed by atoms with Crippen LogP contribution in [-0.2, 0) is 25.9 Å². The van der Waals surface area contributed by atoms with Crippen molar-refractivity contribution in [1.29, 1.82) is 0 Å². The molecule has 0 spiro atoms. The summed E-state index contributed by atoms with van der Waals surface area (Å²) in [5.41, 5.74) is 14.6. The normalized spacial score (nSPS) is 15.8. The summed E-state index contributed by atoms with van der Waals surface area (Å²) >= 11 is 0. The molecule has 0 atom stereocenters. The lowest BCUT2D eigenvalue weighted by Gasteiger charge is -2.40. The van der Waals surface area contributed by atoms with Crippen molar-refractivity contribution in [3.63, 3.8) is 0 Å². The van der Waals surface area contributed by atoms with E-state index in [9.17, 15) is 19.5 Å². The zero-order chi connectivity index (χ0) is 73.7. The van der Waals surface area contributed by atoms with E-state index in [1.165, 1.54) is 24.2 Å². The van der Waals surface area contributed by atoms with Gasteiger partial charge in [0, 0.05) is 143 Å². The van der Waals surface area contributed by atoms with Gasteiger partial charge in [-0.25, -0.2) is 15.0 Å². The third-order valence-corrected chi connectivity index (χ3v) is 21.8. The van der Waals surface area contributed by atoms with E-state index in [1.807, 2.05) is 129 Å². The van der Waals surface area contributed by atoms with Crippen LogP contribution in [0.2, 0.25) is 0 Å². The Balaban J connectivity index is 0.000000119. The molecule has 4 fully saturated rings. The number of rotatable bonds is 13. The van der Waals surface area contributed by atoms with Crippen LogP contribution in [0.4, 0.5) is 52.0 Å². The van der Waals surface area contributed by atoms with Gasteiger partial charge in [0.15, 0.2) is 16.9 Å². The zero-order valence-corrected chi connectivity index (χ0v) is 61.2. The van der Waals surface area contributed by atoms with Crippen LogP contribution < -0.4 is 52.1 Å². The Kier molecular flexibility index (Phi) is 18.8. The van der Waals surface area contributed by atoms with Crippen LogP contribution >= 0.6 is 0 Å². The van der Waals surface area contributed by atoms with Crippen LogP contribution in [0.3, 0.4) is 0 Å². The van der Waals surface area contributed by atoms with E-state index in [0.29, 0.717) is 86.3 Å². The lowest BCUT2D eigenvalue weighted by atomic mass is 10.0. The zero-order valence-electron chi connectivity index (χ0n) is 61.2. The number of aryl methyl sites for hydroxylation is 3. The van der Waals surface area contributed by atoms with E-state index >= 15 is 0 Å². The molecule has 4 saturated heterocycles. The summed E-state index contributed by atoms with van der Waals surface area (Å²) in [5, 5.41) is 22.8. The SMILES string of the molecule is CCN1CCN(c2ccc(Nc3ncc4c(n3)n3c(cc5ccccc53)c(=O)n4C)cc2)CC1.CCOc1cc(N2CCC(O)CC2)ccc1Nc1ncc2c(n1)n1c(cc3ccccc31)c(=O)n2C.Cn1c(=O)c2cc3ccccc3n2c2nc(Nc3ccc(N4CCC(N5CCOCC5)CC4)cc3)ncc21. The Bertz CT molecular complexity index is 6060. The number of likely N-dealkylation sites (N-methyl/N-ethyl adjacent to an activating group) is 1. The highest BCUT2D eigenvalue weighted by Gasteiger charge is 2.28. The molecule has 26 heteroatoms. The van der Waals surface area contributed by atoms with Gasteiger partial charge < -0.3 is 63.8 Å². The molecule has 0 saturated carbocycles. The van der Waals surface area contributed by atoms with Gasteiger partial charge in [-0.15, -0.1) is 0 Å². The molecule has 4 aliphatic heterocycles. The molecule has 0 bridgehead atoms. The average molecular weight is 1450 g/mol. The van der Waals surface area contributed by atoms with Gasteiger partial charge in [-0.3, -0.25) is 32.5 Å². The van der Waals surface area contributed by atoms with Gasteiger partial charge in [0.1, 0.15) is 38.8 Å². The van der Waals surface area contributed by atoms with E-state index in [2.05, 4.69) is 111 Å². The lowest BCUT2D eigenvalue weighted by molar-refractivity contribution is 0.0115. The number of hydrogen-bond donors (Lipinski definition) is 4. The van der Waals surface area contributed by atoms with E-state index in [-0.39, 0.29) is 22.8 Å². The molecule has 0 unspecified atom stereocenters. The minimum absolute atomic E-state index is 0.0663. The van der Waals surface area contributed by atoms with E-state index in [0.717, 1.165) is 154 Å².